The summed E-state index contributed by atoms with van der Waals surface area (Å²) in [4.78, 5) is -0.249. The lowest BCUT2D eigenvalue weighted by molar-refractivity contribution is 0.413. The Morgan fingerprint density at radius 2 is 2.04 bits per heavy atom. The monoisotopic (exact) mass is 412 g/mol. The number of anilines is 1. The summed E-state index contributed by atoms with van der Waals surface area (Å²) in [5.41, 5.74) is 1.33. The second kappa shape index (κ2) is 5.99. The number of hydrogen-bond donors (Lipinski definition) is 2. The maximum Gasteiger partial charge on any atom is 0.265 e. The summed E-state index contributed by atoms with van der Waals surface area (Å²) in [5.74, 6) is -0.0800. The predicted octanol–water partition coefficient (Wildman–Crippen LogP) is 3.41. The van der Waals surface area contributed by atoms with E-state index in [1.54, 1.807) is 25.1 Å². The van der Waals surface area contributed by atoms with Gasteiger partial charge in [0, 0.05) is 15.9 Å². The van der Waals surface area contributed by atoms with Gasteiger partial charge >= 0.3 is 0 Å². The van der Waals surface area contributed by atoms with Crippen molar-refractivity contribution in [2.75, 3.05) is 11.8 Å². The molecule has 9 heteroatoms. The Kier molecular flexibility index (Phi) is 4.14. The lowest BCUT2D eigenvalue weighted by Gasteiger charge is -2.13. The van der Waals surface area contributed by atoms with Crippen molar-refractivity contribution >= 4 is 42.6 Å². The first-order valence-electron chi connectivity index (χ1n) is 6.77. The van der Waals surface area contributed by atoms with Crippen molar-refractivity contribution in [1.82, 2.24) is 5.16 Å². The highest BCUT2D eigenvalue weighted by atomic mass is 79.9. The molecule has 0 atom stereocenters. The summed E-state index contributed by atoms with van der Waals surface area (Å²) >= 11 is 3.19. The minimum Gasteiger partial charge on any atom is -0.507 e. The summed E-state index contributed by atoms with van der Waals surface area (Å²) in [7, 11) is -2.61. The number of methoxy groups -OCH3 is 1. The third kappa shape index (κ3) is 2.92. The van der Waals surface area contributed by atoms with Gasteiger partial charge in [0.15, 0.2) is 5.58 Å². The van der Waals surface area contributed by atoms with Gasteiger partial charge in [-0.25, -0.2) is 8.42 Å². The molecule has 3 aromatic rings. The maximum absolute atomic E-state index is 12.6. The zero-order valence-electron chi connectivity index (χ0n) is 12.7. The molecule has 24 heavy (non-hydrogen) atoms. The molecule has 7 nitrogen and oxygen atoms in total. The normalized spacial score (nSPS) is 11.6. The van der Waals surface area contributed by atoms with E-state index in [-0.39, 0.29) is 22.1 Å². The second-order valence-corrected chi connectivity index (χ2v) is 7.60. The van der Waals surface area contributed by atoms with Gasteiger partial charge in [-0.15, -0.1) is 0 Å². The number of hydrogen-bond acceptors (Lipinski definition) is 6. The number of aromatic nitrogens is 1. The molecule has 1 aromatic heterocycles. The summed E-state index contributed by atoms with van der Waals surface area (Å²) in [5, 5.41) is 14.4. The van der Waals surface area contributed by atoms with Gasteiger partial charge in [-0.3, -0.25) is 4.72 Å². The number of fused-ring (bicyclic) bond motifs is 1. The number of halogens is 1. The molecule has 0 bridgehead atoms. The third-order valence-corrected chi connectivity index (χ3v) is 5.32. The third-order valence-electron chi connectivity index (χ3n) is 3.43. The van der Waals surface area contributed by atoms with Crippen LogP contribution in [0.4, 0.5) is 5.69 Å². The Labute approximate surface area is 146 Å². The molecule has 0 fully saturated rings. The highest BCUT2D eigenvalue weighted by Gasteiger charge is 2.22. The molecule has 2 N–H and O–H groups in total. The Hall–Kier alpha value is -2.26. The number of phenols is 1. The number of benzene rings is 2. The van der Waals surface area contributed by atoms with E-state index >= 15 is 0 Å². The number of nitrogens with zero attached hydrogens (tertiary/aromatic N) is 1. The van der Waals surface area contributed by atoms with Gasteiger partial charge in [0.1, 0.15) is 16.4 Å². The minimum atomic E-state index is -4.02. The Morgan fingerprint density at radius 3 is 2.75 bits per heavy atom. The summed E-state index contributed by atoms with van der Waals surface area (Å²) in [6, 6.07) is 7.28. The molecule has 2 aromatic carbocycles. The molecule has 0 radical (unpaired) electrons. The van der Waals surface area contributed by atoms with Crippen LogP contribution >= 0.6 is 15.9 Å². The van der Waals surface area contributed by atoms with Gasteiger partial charge in [0.05, 0.1) is 18.5 Å². The van der Waals surface area contributed by atoms with E-state index in [0.717, 1.165) is 0 Å². The van der Waals surface area contributed by atoms with Crippen molar-refractivity contribution in [3.63, 3.8) is 0 Å². The molecule has 0 amide bonds. The fraction of sp³-hybridized carbons (Fsp3) is 0.133. The van der Waals surface area contributed by atoms with E-state index in [1.165, 1.54) is 19.2 Å². The van der Waals surface area contributed by atoms with Crippen LogP contribution in [0.2, 0.25) is 0 Å². The van der Waals surface area contributed by atoms with Gasteiger partial charge in [-0.1, -0.05) is 21.1 Å². The van der Waals surface area contributed by atoms with E-state index in [0.29, 0.717) is 21.1 Å². The van der Waals surface area contributed by atoms with Gasteiger partial charge in [0.25, 0.3) is 10.0 Å². The molecule has 1 heterocycles. The lowest BCUT2D eigenvalue weighted by Crippen LogP contribution is -2.14. The Bertz CT molecular complexity index is 1030. The molecule has 3 rings (SSSR count). The first-order chi connectivity index (χ1) is 11.3. The molecule has 0 spiro atoms. The Balaban J connectivity index is 2.10. The smallest absolute Gasteiger partial charge is 0.265 e. The highest BCUT2D eigenvalue weighted by molar-refractivity contribution is 9.10. The van der Waals surface area contributed by atoms with Crippen molar-refractivity contribution < 1.29 is 22.8 Å². The number of nitrogens with one attached hydrogen (secondary N) is 1. The molecule has 0 unspecified atom stereocenters. The van der Waals surface area contributed by atoms with Gasteiger partial charge in [-0.2, -0.15) is 0 Å². The number of phenolic OH excluding ortho intramolecular Hbond substituents is 1. The fourth-order valence-corrected chi connectivity index (χ4v) is 3.93. The van der Waals surface area contributed by atoms with Crippen LogP contribution in [-0.2, 0) is 10.0 Å². The number of ether oxygens (including phenoxy) is 1. The van der Waals surface area contributed by atoms with Crippen LogP contribution in [0, 0.1) is 6.92 Å². The molecule has 0 saturated carbocycles. The molecule has 126 valence electrons. The standard InChI is InChI=1S/C15H13BrN2O5S/c1-8-10-6-11(14(22-2)7-13(10)23-17-8)18-24(20,21)15-5-9(16)3-4-12(15)19/h3-7,18-19H,1-2H3. The number of rotatable bonds is 4. The number of aryl methyl sites for hydroxylation is 1. The first kappa shape index (κ1) is 16.6. The van der Waals surface area contributed by atoms with E-state index in [1.807, 2.05) is 0 Å². The molecule has 0 aliphatic rings. The van der Waals surface area contributed by atoms with Gasteiger partial charge < -0.3 is 14.4 Å². The average Bonchev–Trinajstić information content (AvgIpc) is 2.89. The van der Waals surface area contributed by atoms with Gasteiger partial charge in [0.2, 0.25) is 0 Å². The summed E-state index contributed by atoms with van der Waals surface area (Å²) in [6.45, 7) is 1.75. The van der Waals surface area contributed by atoms with Crippen LogP contribution in [0.3, 0.4) is 0 Å². The molecular formula is C15H13BrN2O5S. The quantitative estimate of drug-likeness (QED) is 0.680. The van der Waals surface area contributed by atoms with Crippen LogP contribution in [-0.4, -0.2) is 25.8 Å². The van der Waals surface area contributed by atoms with Crippen molar-refractivity contribution in [3.05, 3.63) is 40.5 Å². The van der Waals surface area contributed by atoms with Crippen LogP contribution in [0.1, 0.15) is 5.69 Å². The van der Waals surface area contributed by atoms with E-state index in [2.05, 4.69) is 25.8 Å². The molecule has 0 aliphatic heterocycles. The molecular weight excluding hydrogens is 400 g/mol. The Morgan fingerprint density at radius 1 is 1.29 bits per heavy atom. The van der Waals surface area contributed by atoms with Crippen molar-refractivity contribution in [2.24, 2.45) is 0 Å². The van der Waals surface area contributed by atoms with Crippen molar-refractivity contribution in [1.29, 1.82) is 0 Å². The average molecular weight is 413 g/mol. The van der Waals surface area contributed by atoms with Crippen LogP contribution in [0.5, 0.6) is 11.5 Å². The zero-order chi connectivity index (χ0) is 17.5. The number of sulfonamides is 1. The predicted molar refractivity (Wildman–Crippen MR) is 91.9 cm³/mol. The largest absolute Gasteiger partial charge is 0.507 e. The fourth-order valence-electron chi connectivity index (χ4n) is 2.24. The van der Waals surface area contributed by atoms with Crippen molar-refractivity contribution in [3.8, 4) is 11.5 Å². The van der Waals surface area contributed by atoms with Crippen LogP contribution < -0.4 is 9.46 Å². The molecule has 0 aliphatic carbocycles. The first-order valence-corrected chi connectivity index (χ1v) is 9.05. The minimum absolute atomic E-state index is 0.218. The highest BCUT2D eigenvalue weighted by Crippen LogP contribution is 2.35. The maximum atomic E-state index is 12.6. The summed E-state index contributed by atoms with van der Waals surface area (Å²) in [6.07, 6.45) is 0. The van der Waals surface area contributed by atoms with Crippen molar-refractivity contribution in [2.45, 2.75) is 11.8 Å². The van der Waals surface area contributed by atoms with E-state index in [4.69, 9.17) is 9.26 Å². The zero-order valence-corrected chi connectivity index (χ0v) is 15.1. The summed E-state index contributed by atoms with van der Waals surface area (Å²) < 4.78 is 38.5. The second-order valence-electron chi connectivity index (χ2n) is 5.03. The van der Waals surface area contributed by atoms with Gasteiger partial charge in [-0.05, 0) is 31.2 Å². The van der Waals surface area contributed by atoms with E-state index in [9.17, 15) is 13.5 Å². The van der Waals surface area contributed by atoms with Crippen LogP contribution in [0.25, 0.3) is 11.0 Å². The van der Waals surface area contributed by atoms with E-state index < -0.39 is 10.0 Å². The SMILES string of the molecule is COc1cc2onc(C)c2cc1NS(=O)(=O)c1cc(Br)ccc1O. The van der Waals surface area contributed by atoms with Crippen LogP contribution in [0.15, 0.2) is 44.2 Å². The topological polar surface area (TPSA) is 102 Å². The molecule has 0 saturated heterocycles. The lowest BCUT2D eigenvalue weighted by atomic mass is 10.2. The number of aromatic hydroxyl groups is 1.